The number of esters is 1. The molecule has 0 aliphatic heterocycles. The lowest BCUT2D eigenvalue weighted by molar-refractivity contribution is 0.0593. The number of hydrogen-bond donors (Lipinski definition) is 0. The molecule has 0 saturated heterocycles. The van der Waals surface area contributed by atoms with E-state index < -0.39 is 11.8 Å². The molecule has 0 radical (unpaired) electrons. The van der Waals surface area contributed by atoms with E-state index in [4.69, 9.17) is 4.74 Å². The summed E-state index contributed by atoms with van der Waals surface area (Å²) < 4.78 is 23.7. The van der Waals surface area contributed by atoms with Crippen molar-refractivity contribution >= 4 is 21.9 Å². The lowest BCUT2D eigenvalue weighted by atomic mass is 10.1. The summed E-state index contributed by atoms with van der Waals surface area (Å²) in [4.78, 5) is 19.4. The van der Waals surface area contributed by atoms with Crippen molar-refractivity contribution in [1.82, 2.24) is 9.97 Å². The molecule has 0 bridgehead atoms. The quantitative estimate of drug-likeness (QED) is 0.804. The number of nitrogens with zero attached hydrogens (tertiary/aromatic N) is 2. The summed E-state index contributed by atoms with van der Waals surface area (Å²) in [5.74, 6) is -0.588. The zero-order valence-electron chi connectivity index (χ0n) is 10.7. The van der Waals surface area contributed by atoms with E-state index >= 15 is 0 Å². The van der Waals surface area contributed by atoms with Gasteiger partial charge in [-0.15, -0.1) is 0 Å². The molecule has 1 aromatic heterocycles. The Labute approximate surface area is 122 Å². The van der Waals surface area contributed by atoms with Crippen molar-refractivity contribution in [3.63, 3.8) is 0 Å². The molecule has 0 aliphatic carbocycles. The SMILES string of the molecule is COC(=O)c1cnc(-c2cc(OC)ccc2F)c(Br)n1. The minimum atomic E-state index is -0.615. The molecule has 20 heavy (non-hydrogen) atoms. The van der Waals surface area contributed by atoms with E-state index in [0.29, 0.717) is 5.75 Å². The van der Waals surface area contributed by atoms with Crippen molar-refractivity contribution < 1.29 is 18.7 Å². The third-order valence-corrected chi connectivity index (χ3v) is 3.11. The molecular formula is C13H10BrFN2O3. The van der Waals surface area contributed by atoms with E-state index in [-0.39, 0.29) is 21.6 Å². The third-order valence-electron chi connectivity index (χ3n) is 2.55. The maximum Gasteiger partial charge on any atom is 0.358 e. The smallest absolute Gasteiger partial charge is 0.358 e. The average Bonchev–Trinajstić information content (AvgIpc) is 2.47. The Hall–Kier alpha value is -2.02. The summed E-state index contributed by atoms with van der Waals surface area (Å²) in [5.41, 5.74) is 0.528. The van der Waals surface area contributed by atoms with Gasteiger partial charge in [-0.2, -0.15) is 0 Å². The van der Waals surface area contributed by atoms with Gasteiger partial charge < -0.3 is 9.47 Å². The Kier molecular flexibility index (Phi) is 4.29. The Morgan fingerprint density at radius 1 is 1.35 bits per heavy atom. The van der Waals surface area contributed by atoms with Crippen molar-refractivity contribution in [3.8, 4) is 17.0 Å². The first-order chi connectivity index (χ1) is 9.56. The number of carbonyl (C=O) groups is 1. The second-order valence-corrected chi connectivity index (χ2v) is 4.48. The van der Waals surface area contributed by atoms with Crippen LogP contribution in [-0.4, -0.2) is 30.2 Å². The first-order valence-corrected chi connectivity index (χ1v) is 6.31. The van der Waals surface area contributed by atoms with Crippen LogP contribution in [0, 0.1) is 5.82 Å². The first kappa shape index (κ1) is 14.4. The summed E-state index contributed by atoms with van der Waals surface area (Å²) in [6.07, 6.45) is 1.23. The zero-order valence-corrected chi connectivity index (χ0v) is 12.3. The highest BCUT2D eigenvalue weighted by Crippen LogP contribution is 2.30. The highest BCUT2D eigenvalue weighted by atomic mass is 79.9. The lowest BCUT2D eigenvalue weighted by Crippen LogP contribution is -2.06. The second-order valence-electron chi connectivity index (χ2n) is 3.73. The summed E-state index contributed by atoms with van der Waals surface area (Å²) >= 11 is 3.17. The molecule has 1 aromatic carbocycles. The van der Waals surface area contributed by atoms with Gasteiger partial charge in [0.2, 0.25) is 0 Å². The number of benzene rings is 1. The Bertz CT molecular complexity index is 664. The molecule has 2 aromatic rings. The number of rotatable bonds is 3. The fourth-order valence-electron chi connectivity index (χ4n) is 1.56. The first-order valence-electron chi connectivity index (χ1n) is 5.51. The Balaban J connectivity index is 2.51. The van der Waals surface area contributed by atoms with E-state index in [1.54, 1.807) is 0 Å². The van der Waals surface area contributed by atoms with Gasteiger partial charge in [0.1, 0.15) is 21.9 Å². The van der Waals surface area contributed by atoms with E-state index in [1.807, 2.05) is 0 Å². The number of ether oxygens (including phenoxy) is 2. The van der Waals surface area contributed by atoms with Crippen molar-refractivity contribution in [2.24, 2.45) is 0 Å². The third kappa shape index (κ3) is 2.77. The molecule has 0 amide bonds. The highest BCUT2D eigenvalue weighted by molar-refractivity contribution is 9.10. The van der Waals surface area contributed by atoms with Gasteiger partial charge in [-0.25, -0.2) is 14.2 Å². The molecule has 0 N–H and O–H groups in total. The molecule has 0 atom stereocenters. The fraction of sp³-hybridized carbons (Fsp3) is 0.154. The number of methoxy groups -OCH3 is 2. The average molecular weight is 341 g/mol. The van der Waals surface area contributed by atoms with Crippen molar-refractivity contribution in [2.75, 3.05) is 14.2 Å². The van der Waals surface area contributed by atoms with Gasteiger partial charge >= 0.3 is 5.97 Å². The highest BCUT2D eigenvalue weighted by Gasteiger charge is 2.16. The number of halogens is 2. The summed E-state index contributed by atoms with van der Waals surface area (Å²) in [7, 11) is 2.73. The molecule has 0 spiro atoms. The fourth-order valence-corrected chi connectivity index (χ4v) is 2.07. The molecule has 104 valence electrons. The van der Waals surface area contributed by atoms with Crippen LogP contribution in [0.1, 0.15) is 10.5 Å². The summed E-state index contributed by atoms with van der Waals surface area (Å²) in [6, 6.07) is 4.28. The van der Waals surface area contributed by atoms with E-state index in [9.17, 15) is 9.18 Å². The zero-order chi connectivity index (χ0) is 14.7. The van der Waals surface area contributed by atoms with E-state index in [2.05, 4.69) is 30.6 Å². The van der Waals surface area contributed by atoms with E-state index in [1.165, 1.54) is 38.6 Å². The standard InChI is InChI=1S/C13H10BrFN2O3/c1-19-7-3-4-9(15)8(5-7)11-12(14)17-10(6-16-11)13(18)20-2/h3-6H,1-2H3. The van der Waals surface area contributed by atoms with Gasteiger partial charge in [-0.05, 0) is 34.1 Å². The van der Waals surface area contributed by atoms with Crippen LogP contribution >= 0.6 is 15.9 Å². The van der Waals surface area contributed by atoms with Gasteiger partial charge in [0.25, 0.3) is 0 Å². The van der Waals surface area contributed by atoms with Crippen LogP contribution in [0.2, 0.25) is 0 Å². The molecule has 7 heteroatoms. The predicted molar refractivity (Wildman–Crippen MR) is 73.0 cm³/mol. The van der Waals surface area contributed by atoms with Gasteiger partial charge in [0.15, 0.2) is 5.69 Å². The molecule has 5 nitrogen and oxygen atoms in total. The van der Waals surface area contributed by atoms with Gasteiger partial charge in [0.05, 0.1) is 20.4 Å². The molecular weight excluding hydrogens is 331 g/mol. The van der Waals surface area contributed by atoms with Crippen molar-refractivity contribution in [2.45, 2.75) is 0 Å². The molecule has 0 aliphatic rings. The molecule has 1 heterocycles. The van der Waals surface area contributed by atoms with Crippen LogP contribution in [0.15, 0.2) is 29.0 Å². The monoisotopic (exact) mass is 340 g/mol. The molecule has 0 unspecified atom stereocenters. The maximum atomic E-state index is 13.9. The van der Waals surface area contributed by atoms with Crippen LogP contribution < -0.4 is 4.74 Å². The van der Waals surface area contributed by atoms with Crippen LogP contribution in [0.3, 0.4) is 0 Å². The largest absolute Gasteiger partial charge is 0.497 e. The van der Waals surface area contributed by atoms with Crippen molar-refractivity contribution in [3.05, 3.63) is 40.5 Å². The lowest BCUT2D eigenvalue weighted by Gasteiger charge is -2.08. The number of carbonyl (C=O) groups excluding carboxylic acids is 1. The van der Waals surface area contributed by atoms with Crippen LogP contribution in [0.5, 0.6) is 5.75 Å². The summed E-state index contributed by atoms with van der Waals surface area (Å²) in [6.45, 7) is 0. The van der Waals surface area contributed by atoms with Gasteiger partial charge in [-0.3, -0.25) is 4.98 Å². The Morgan fingerprint density at radius 3 is 2.70 bits per heavy atom. The maximum absolute atomic E-state index is 13.9. The summed E-state index contributed by atoms with van der Waals surface area (Å²) in [5, 5.41) is 0. The van der Waals surface area contributed by atoms with Gasteiger partial charge in [0, 0.05) is 5.56 Å². The van der Waals surface area contributed by atoms with E-state index in [0.717, 1.165) is 0 Å². The van der Waals surface area contributed by atoms with Crippen LogP contribution in [-0.2, 0) is 4.74 Å². The molecule has 2 rings (SSSR count). The molecule has 0 fully saturated rings. The second kappa shape index (κ2) is 5.96. The molecule has 0 saturated carbocycles. The minimum absolute atomic E-state index is 0.0337. The number of hydrogen-bond acceptors (Lipinski definition) is 5. The normalized spacial score (nSPS) is 10.2. The number of aromatic nitrogens is 2. The predicted octanol–water partition coefficient (Wildman–Crippen LogP) is 2.84. The topological polar surface area (TPSA) is 61.3 Å². The van der Waals surface area contributed by atoms with Crippen LogP contribution in [0.25, 0.3) is 11.3 Å². The Morgan fingerprint density at radius 2 is 2.10 bits per heavy atom. The van der Waals surface area contributed by atoms with Gasteiger partial charge in [-0.1, -0.05) is 0 Å². The van der Waals surface area contributed by atoms with Crippen molar-refractivity contribution in [1.29, 1.82) is 0 Å². The van der Waals surface area contributed by atoms with Crippen LogP contribution in [0.4, 0.5) is 4.39 Å². The minimum Gasteiger partial charge on any atom is -0.497 e.